The third kappa shape index (κ3) is 6.18. The Kier molecular flexibility index (Phi) is 7.41. The van der Waals surface area contributed by atoms with Crippen molar-refractivity contribution in [3.05, 3.63) is 65.4 Å². The number of fused-ring (bicyclic) bond motifs is 1. The van der Waals surface area contributed by atoms with Gasteiger partial charge < -0.3 is 26.0 Å². The molecule has 2 aliphatic heterocycles. The Morgan fingerprint density at radius 1 is 1.29 bits per heavy atom. The standard InChI is InChI=1S/C26H30F3N7O2/c27-26(28,29)9-5-22(37)35-12-7-18(8-13-35)21-2-1-11-36-23(21)33-25(34-36)32-20-4-3-19(14-20)24(38)31-16-17-6-10-30-15-17/h1-4,7,11,14,17,30-31,38H,5-6,8-10,12-13,15-16H2,(H,32,34)/b24-19+. The molecule has 202 valence electrons. The predicted octanol–water partition coefficient (Wildman–Crippen LogP) is 3.52. The van der Waals surface area contributed by atoms with Crippen LogP contribution in [-0.4, -0.2) is 69.4 Å². The van der Waals surface area contributed by atoms with E-state index in [0.29, 0.717) is 42.6 Å². The fourth-order valence-electron chi connectivity index (χ4n) is 4.79. The topological polar surface area (TPSA) is 107 Å². The number of amides is 1. The second-order valence-corrected chi connectivity index (χ2v) is 9.66. The van der Waals surface area contributed by atoms with E-state index in [4.69, 9.17) is 0 Å². The van der Waals surface area contributed by atoms with Crippen LogP contribution in [0.2, 0.25) is 0 Å². The van der Waals surface area contributed by atoms with E-state index in [1.54, 1.807) is 10.7 Å². The average molecular weight is 530 g/mol. The number of allylic oxidation sites excluding steroid dienone is 4. The van der Waals surface area contributed by atoms with E-state index >= 15 is 0 Å². The van der Waals surface area contributed by atoms with Crippen LogP contribution in [0.15, 0.2) is 59.8 Å². The monoisotopic (exact) mass is 529 g/mol. The van der Waals surface area contributed by atoms with Crippen LogP contribution in [0.25, 0.3) is 11.2 Å². The minimum absolute atomic E-state index is 0.130. The normalized spacial score (nSPS) is 21.0. The van der Waals surface area contributed by atoms with E-state index in [1.807, 2.05) is 36.4 Å². The van der Waals surface area contributed by atoms with Crippen LogP contribution in [0, 0.1) is 5.92 Å². The number of hydrogen-bond donors (Lipinski definition) is 4. The maximum atomic E-state index is 12.5. The Balaban J connectivity index is 1.24. The molecule has 1 aliphatic carbocycles. The predicted molar refractivity (Wildman–Crippen MR) is 137 cm³/mol. The van der Waals surface area contributed by atoms with Gasteiger partial charge in [-0.2, -0.15) is 18.2 Å². The average Bonchev–Trinajstić information content (AvgIpc) is 3.66. The van der Waals surface area contributed by atoms with Gasteiger partial charge in [-0.3, -0.25) is 4.79 Å². The smallest absolute Gasteiger partial charge is 0.389 e. The number of alkyl halides is 3. The van der Waals surface area contributed by atoms with Gasteiger partial charge >= 0.3 is 6.18 Å². The lowest BCUT2D eigenvalue weighted by molar-refractivity contribution is -0.148. The van der Waals surface area contributed by atoms with Crippen LogP contribution >= 0.6 is 0 Å². The van der Waals surface area contributed by atoms with Crippen LogP contribution in [-0.2, 0) is 4.79 Å². The SMILES string of the molecule is O=C(CCC(F)(F)F)N1CC=C(c2cccn3nc(NC4=C/C(=C(/O)NCC5CCNC5)C=C4)nc23)CC1. The molecule has 2 aromatic heterocycles. The van der Waals surface area contributed by atoms with E-state index in [1.165, 1.54) is 4.90 Å². The van der Waals surface area contributed by atoms with Gasteiger partial charge in [0.05, 0.1) is 6.42 Å². The number of carbonyl (C=O) groups excluding carboxylic acids is 1. The highest BCUT2D eigenvalue weighted by Gasteiger charge is 2.29. The first-order chi connectivity index (χ1) is 18.2. The van der Waals surface area contributed by atoms with Crippen LogP contribution in [0.3, 0.4) is 0 Å². The molecule has 1 fully saturated rings. The Morgan fingerprint density at radius 3 is 2.89 bits per heavy atom. The van der Waals surface area contributed by atoms with Crippen molar-refractivity contribution in [2.45, 2.75) is 31.9 Å². The first kappa shape index (κ1) is 25.8. The van der Waals surface area contributed by atoms with E-state index < -0.39 is 24.9 Å². The fourth-order valence-corrected chi connectivity index (χ4v) is 4.79. The Morgan fingerprint density at radius 2 is 2.16 bits per heavy atom. The number of hydrogen-bond acceptors (Lipinski definition) is 7. The van der Waals surface area contributed by atoms with Gasteiger partial charge in [0, 0.05) is 49.1 Å². The minimum atomic E-state index is -4.34. The number of halogens is 3. The molecule has 0 radical (unpaired) electrons. The van der Waals surface area contributed by atoms with Gasteiger partial charge in [0.1, 0.15) is 0 Å². The molecule has 1 amide bonds. The lowest BCUT2D eigenvalue weighted by atomic mass is 10.00. The van der Waals surface area contributed by atoms with Gasteiger partial charge in [0.2, 0.25) is 11.9 Å². The van der Waals surface area contributed by atoms with Crippen molar-refractivity contribution < 1.29 is 23.1 Å². The van der Waals surface area contributed by atoms with Gasteiger partial charge in [-0.1, -0.05) is 6.08 Å². The van der Waals surface area contributed by atoms with Gasteiger partial charge in [-0.25, -0.2) is 4.52 Å². The minimum Gasteiger partial charge on any atom is -0.494 e. The van der Waals surface area contributed by atoms with Crippen molar-refractivity contribution in [2.75, 3.05) is 38.0 Å². The summed E-state index contributed by atoms with van der Waals surface area (Å²) in [4.78, 5) is 18.2. The highest BCUT2D eigenvalue weighted by atomic mass is 19.4. The molecule has 12 heteroatoms. The lowest BCUT2D eigenvalue weighted by Crippen LogP contribution is -2.35. The summed E-state index contributed by atoms with van der Waals surface area (Å²) in [6.07, 6.45) is 4.73. The molecule has 1 unspecified atom stereocenters. The van der Waals surface area contributed by atoms with Gasteiger partial charge in [-0.05, 0) is 67.8 Å². The molecule has 1 saturated heterocycles. The number of aromatic nitrogens is 3. The van der Waals surface area contributed by atoms with Crippen LogP contribution < -0.4 is 16.0 Å². The van der Waals surface area contributed by atoms with Crippen molar-refractivity contribution in [1.29, 1.82) is 0 Å². The maximum Gasteiger partial charge on any atom is 0.389 e. The van der Waals surface area contributed by atoms with Gasteiger partial charge in [0.25, 0.3) is 0 Å². The summed E-state index contributed by atoms with van der Waals surface area (Å²) in [5.41, 5.74) is 3.86. The quantitative estimate of drug-likeness (QED) is 0.388. The molecular formula is C26H30F3N7O2. The number of aliphatic hydroxyl groups is 1. The zero-order valence-electron chi connectivity index (χ0n) is 20.8. The second kappa shape index (κ2) is 10.9. The van der Waals surface area contributed by atoms with Crippen LogP contribution in [0.4, 0.5) is 19.1 Å². The first-order valence-electron chi connectivity index (χ1n) is 12.7. The molecule has 2 aromatic rings. The third-order valence-corrected chi connectivity index (χ3v) is 6.90. The van der Waals surface area contributed by atoms with Crippen molar-refractivity contribution in [3.8, 4) is 0 Å². The molecule has 0 aromatic carbocycles. The number of carbonyl (C=O) groups is 1. The van der Waals surface area contributed by atoms with Crippen LogP contribution in [0.1, 0.15) is 31.2 Å². The Labute approximate surface area is 217 Å². The number of rotatable bonds is 8. The van der Waals surface area contributed by atoms with Crippen molar-refractivity contribution in [1.82, 2.24) is 30.1 Å². The molecule has 5 rings (SSSR count). The third-order valence-electron chi connectivity index (χ3n) is 6.90. The van der Waals surface area contributed by atoms with Crippen molar-refractivity contribution in [3.63, 3.8) is 0 Å². The van der Waals surface area contributed by atoms with E-state index in [0.717, 1.165) is 36.3 Å². The zero-order chi connectivity index (χ0) is 26.7. The summed E-state index contributed by atoms with van der Waals surface area (Å²) in [7, 11) is 0. The molecule has 0 bridgehead atoms. The summed E-state index contributed by atoms with van der Waals surface area (Å²) in [5, 5.41) is 24.5. The number of aliphatic hydroxyl groups excluding tert-OH is 1. The first-order valence-corrected chi connectivity index (χ1v) is 12.7. The molecule has 0 spiro atoms. The molecule has 0 saturated carbocycles. The lowest BCUT2D eigenvalue weighted by Gasteiger charge is -2.27. The van der Waals surface area contributed by atoms with Crippen LogP contribution in [0.5, 0.6) is 0 Å². The van der Waals surface area contributed by atoms with Gasteiger partial charge in [0.15, 0.2) is 11.5 Å². The summed E-state index contributed by atoms with van der Waals surface area (Å²) in [5.74, 6) is 0.524. The highest BCUT2D eigenvalue weighted by molar-refractivity contribution is 5.81. The van der Waals surface area contributed by atoms with E-state index in [9.17, 15) is 23.1 Å². The number of nitrogens with zero attached hydrogens (tertiary/aromatic N) is 4. The Bertz CT molecular complexity index is 1320. The summed E-state index contributed by atoms with van der Waals surface area (Å²) >= 11 is 0. The summed E-state index contributed by atoms with van der Waals surface area (Å²) in [6, 6.07) is 3.77. The largest absolute Gasteiger partial charge is 0.494 e. The van der Waals surface area contributed by atoms with E-state index in [2.05, 4.69) is 26.0 Å². The summed E-state index contributed by atoms with van der Waals surface area (Å²) < 4.78 is 39.0. The number of anilines is 1. The molecular weight excluding hydrogens is 499 g/mol. The Hall–Kier alpha value is -3.80. The number of nitrogens with one attached hydrogen (secondary N) is 3. The van der Waals surface area contributed by atoms with E-state index in [-0.39, 0.29) is 12.4 Å². The zero-order valence-corrected chi connectivity index (χ0v) is 20.8. The molecule has 3 aliphatic rings. The second-order valence-electron chi connectivity index (χ2n) is 9.66. The molecule has 1 atom stereocenters. The molecule has 4 heterocycles. The summed E-state index contributed by atoms with van der Waals surface area (Å²) in [6.45, 7) is 3.27. The van der Waals surface area contributed by atoms with Crippen molar-refractivity contribution in [2.24, 2.45) is 5.92 Å². The molecule has 9 nitrogen and oxygen atoms in total. The van der Waals surface area contributed by atoms with Crippen molar-refractivity contribution >= 4 is 23.1 Å². The molecule has 38 heavy (non-hydrogen) atoms. The van der Waals surface area contributed by atoms with Gasteiger partial charge in [-0.15, -0.1) is 5.10 Å². The highest BCUT2D eigenvalue weighted by Crippen LogP contribution is 2.28. The number of pyridine rings is 1. The fraction of sp³-hybridized carbons (Fsp3) is 0.423. The molecule has 4 N–H and O–H groups in total. The maximum absolute atomic E-state index is 12.5.